The maximum atomic E-state index is 10.4. The highest BCUT2D eigenvalue weighted by molar-refractivity contribution is 5.44. The summed E-state index contributed by atoms with van der Waals surface area (Å²) in [7, 11) is 1.65. The van der Waals surface area contributed by atoms with Gasteiger partial charge < -0.3 is 14.6 Å². The van der Waals surface area contributed by atoms with Crippen LogP contribution in [-0.4, -0.2) is 17.8 Å². The molecule has 3 nitrogen and oxygen atoms in total. The third kappa shape index (κ3) is 2.10. The van der Waals surface area contributed by atoms with E-state index in [2.05, 4.69) is 6.92 Å². The van der Waals surface area contributed by atoms with Gasteiger partial charge in [-0.15, -0.1) is 0 Å². The molecule has 19 heavy (non-hydrogen) atoms. The Morgan fingerprint density at radius 2 is 2.21 bits per heavy atom. The molecule has 1 N–H and O–H groups in total. The molecular formula is C16H22O3. The van der Waals surface area contributed by atoms with Crippen molar-refractivity contribution in [1.29, 1.82) is 0 Å². The first-order valence-electron chi connectivity index (χ1n) is 7.20. The maximum absolute atomic E-state index is 10.4. The second kappa shape index (κ2) is 4.71. The standard InChI is InChI=1S/C16H22O3/c1-11-5-3-4-8-16(11)10-14(17)13-7-6-12(18-2)9-15(13)19-16/h6-7,9,11,14,17H,3-5,8,10H2,1-2H3/t11?,14-,16?/m1/s1. The fraction of sp³-hybridized carbons (Fsp3) is 0.625. The van der Waals surface area contributed by atoms with Crippen LogP contribution in [0.15, 0.2) is 18.2 Å². The van der Waals surface area contributed by atoms with Crippen molar-refractivity contribution < 1.29 is 14.6 Å². The first-order valence-corrected chi connectivity index (χ1v) is 7.20. The van der Waals surface area contributed by atoms with Gasteiger partial charge in [0.1, 0.15) is 17.1 Å². The molecule has 1 spiro atoms. The molecule has 1 aliphatic carbocycles. The van der Waals surface area contributed by atoms with Crippen molar-refractivity contribution in [3.8, 4) is 11.5 Å². The Kier molecular flexibility index (Phi) is 3.17. The maximum Gasteiger partial charge on any atom is 0.129 e. The van der Waals surface area contributed by atoms with Crippen molar-refractivity contribution >= 4 is 0 Å². The second-order valence-corrected chi connectivity index (χ2v) is 5.94. The summed E-state index contributed by atoms with van der Waals surface area (Å²) < 4.78 is 11.6. The Morgan fingerprint density at radius 1 is 1.37 bits per heavy atom. The van der Waals surface area contributed by atoms with Gasteiger partial charge in [0.15, 0.2) is 0 Å². The van der Waals surface area contributed by atoms with Crippen LogP contribution in [0.25, 0.3) is 0 Å². The number of methoxy groups -OCH3 is 1. The summed E-state index contributed by atoms with van der Waals surface area (Å²) in [5.41, 5.74) is 0.709. The van der Waals surface area contributed by atoms with Crippen LogP contribution in [0.4, 0.5) is 0 Å². The summed E-state index contributed by atoms with van der Waals surface area (Å²) in [6.45, 7) is 2.25. The summed E-state index contributed by atoms with van der Waals surface area (Å²) in [4.78, 5) is 0. The minimum atomic E-state index is -0.421. The summed E-state index contributed by atoms with van der Waals surface area (Å²) >= 11 is 0. The van der Waals surface area contributed by atoms with Crippen molar-refractivity contribution in [2.24, 2.45) is 5.92 Å². The Labute approximate surface area is 114 Å². The highest BCUT2D eigenvalue weighted by Gasteiger charge is 2.45. The highest BCUT2D eigenvalue weighted by Crippen LogP contribution is 2.49. The summed E-state index contributed by atoms with van der Waals surface area (Å²) in [5.74, 6) is 2.08. The molecule has 1 aliphatic heterocycles. The molecule has 2 aliphatic rings. The molecule has 3 rings (SSSR count). The molecule has 1 fully saturated rings. The molecule has 0 radical (unpaired) electrons. The highest BCUT2D eigenvalue weighted by atomic mass is 16.5. The van der Waals surface area contributed by atoms with E-state index in [9.17, 15) is 5.11 Å². The summed E-state index contributed by atoms with van der Waals surface area (Å²) in [5, 5.41) is 10.4. The molecule has 1 aromatic carbocycles. The van der Waals surface area contributed by atoms with Crippen LogP contribution in [0, 0.1) is 5.92 Å². The first-order chi connectivity index (χ1) is 9.14. The average Bonchev–Trinajstić information content (AvgIpc) is 2.41. The van der Waals surface area contributed by atoms with Crippen molar-refractivity contribution in [2.45, 2.75) is 50.7 Å². The van der Waals surface area contributed by atoms with E-state index in [0.717, 1.165) is 23.5 Å². The van der Waals surface area contributed by atoms with E-state index in [1.165, 1.54) is 19.3 Å². The summed E-state index contributed by atoms with van der Waals surface area (Å²) in [6, 6.07) is 5.70. The van der Waals surface area contributed by atoms with Gasteiger partial charge in [0.05, 0.1) is 13.2 Å². The smallest absolute Gasteiger partial charge is 0.129 e. The molecular weight excluding hydrogens is 240 g/mol. The predicted octanol–water partition coefficient (Wildman–Crippen LogP) is 3.46. The molecule has 3 atom stereocenters. The van der Waals surface area contributed by atoms with E-state index in [1.807, 2.05) is 18.2 Å². The largest absolute Gasteiger partial charge is 0.497 e. The molecule has 1 heterocycles. The van der Waals surface area contributed by atoms with Gasteiger partial charge >= 0.3 is 0 Å². The van der Waals surface area contributed by atoms with Gasteiger partial charge in [-0.05, 0) is 37.3 Å². The minimum Gasteiger partial charge on any atom is -0.497 e. The number of hydrogen-bond acceptors (Lipinski definition) is 3. The van der Waals surface area contributed by atoms with E-state index < -0.39 is 6.10 Å². The zero-order valence-corrected chi connectivity index (χ0v) is 11.7. The van der Waals surface area contributed by atoms with Crippen LogP contribution < -0.4 is 9.47 Å². The topological polar surface area (TPSA) is 38.7 Å². The van der Waals surface area contributed by atoms with Crippen molar-refractivity contribution in [3.05, 3.63) is 23.8 Å². The Morgan fingerprint density at radius 3 is 2.95 bits per heavy atom. The second-order valence-electron chi connectivity index (χ2n) is 5.94. The zero-order valence-electron chi connectivity index (χ0n) is 11.7. The third-order valence-electron chi connectivity index (χ3n) is 4.82. The fourth-order valence-corrected chi connectivity index (χ4v) is 3.54. The van der Waals surface area contributed by atoms with Crippen LogP contribution in [0.5, 0.6) is 11.5 Å². The lowest BCUT2D eigenvalue weighted by Crippen LogP contribution is -2.48. The molecule has 1 aromatic rings. The number of benzene rings is 1. The lowest BCUT2D eigenvalue weighted by Gasteiger charge is -2.47. The van der Waals surface area contributed by atoms with Gasteiger partial charge in [-0.2, -0.15) is 0 Å². The molecule has 2 unspecified atom stereocenters. The first kappa shape index (κ1) is 12.8. The number of ether oxygens (including phenoxy) is 2. The van der Waals surface area contributed by atoms with E-state index >= 15 is 0 Å². The zero-order chi connectivity index (χ0) is 13.5. The van der Waals surface area contributed by atoms with Gasteiger partial charge in [-0.1, -0.05) is 13.3 Å². The van der Waals surface area contributed by atoms with Gasteiger partial charge in [-0.3, -0.25) is 0 Å². The number of hydrogen-bond donors (Lipinski definition) is 1. The predicted molar refractivity (Wildman–Crippen MR) is 73.6 cm³/mol. The molecule has 1 saturated carbocycles. The normalized spacial score (nSPS) is 33.6. The van der Waals surface area contributed by atoms with E-state index in [1.54, 1.807) is 7.11 Å². The summed E-state index contributed by atoms with van der Waals surface area (Å²) in [6.07, 6.45) is 4.99. The van der Waals surface area contributed by atoms with Gasteiger partial charge in [0, 0.05) is 18.1 Å². The van der Waals surface area contributed by atoms with Crippen molar-refractivity contribution in [3.63, 3.8) is 0 Å². The Bertz CT molecular complexity index is 471. The lowest BCUT2D eigenvalue weighted by atomic mass is 9.71. The monoisotopic (exact) mass is 262 g/mol. The van der Waals surface area contributed by atoms with Crippen LogP contribution in [-0.2, 0) is 0 Å². The number of fused-ring (bicyclic) bond motifs is 1. The van der Waals surface area contributed by atoms with Crippen molar-refractivity contribution in [1.82, 2.24) is 0 Å². The fourth-order valence-electron chi connectivity index (χ4n) is 3.54. The number of aliphatic hydroxyl groups excluding tert-OH is 1. The third-order valence-corrected chi connectivity index (χ3v) is 4.82. The van der Waals surface area contributed by atoms with Gasteiger partial charge in [0.2, 0.25) is 0 Å². The quantitative estimate of drug-likeness (QED) is 0.842. The van der Waals surface area contributed by atoms with Crippen LogP contribution in [0.2, 0.25) is 0 Å². The van der Waals surface area contributed by atoms with E-state index in [4.69, 9.17) is 9.47 Å². The molecule has 0 amide bonds. The molecule has 0 saturated heterocycles. The van der Waals surface area contributed by atoms with Crippen molar-refractivity contribution in [2.75, 3.05) is 7.11 Å². The molecule has 0 bridgehead atoms. The molecule has 0 aromatic heterocycles. The average molecular weight is 262 g/mol. The number of rotatable bonds is 1. The van der Waals surface area contributed by atoms with E-state index in [-0.39, 0.29) is 5.60 Å². The Balaban J connectivity index is 1.97. The lowest BCUT2D eigenvalue weighted by molar-refractivity contribution is -0.0718. The van der Waals surface area contributed by atoms with Crippen LogP contribution >= 0.6 is 0 Å². The molecule has 3 heteroatoms. The number of aliphatic hydroxyl groups is 1. The van der Waals surface area contributed by atoms with Crippen LogP contribution in [0.1, 0.15) is 50.7 Å². The Hall–Kier alpha value is -1.22. The minimum absolute atomic E-state index is 0.184. The van der Waals surface area contributed by atoms with Crippen LogP contribution in [0.3, 0.4) is 0 Å². The van der Waals surface area contributed by atoms with Gasteiger partial charge in [-0.25, -0.2) is 0 Å². The van der Waals surface area contributed by atoms with Gasteiger partial charge in [0.25, 0.3) is 0 Å². The molecule has 104 valence electrons. The van der Waals surface area contributed by atoms with E-state index in [0.29, 0.717) is 12.3 Å². The SMILES string of the molecule is COc1ccc2c(c1)OC1(CCCCC1C)C[C@H]2O.